The highest BCUT2D eigenvalue weighted by Gasteiger charge is 2.34. The lowest BCUT2D eigenvalue weighted by Crippen LogP contribution is -2.42. The predicted molar refractivity (Wildman–Crippen MR) is 81.4 cm³/mol. The van der Waals surface area contributed by atoms with Crippen LogP contribution in [0.1, 0.15) is 26.2 Å². The summed E-state index contributed by atoms with van der Waals surface area (Å²) in [5, 5.41) is 0.300. The van der Waals surface area contributed by atoms with Crippen LogP contribution >= 0.6 is 39.1 Å². The molecule has 0 aliphatic carbocycles. The van der Waals surface area contributed by atoms with Gasteiger partial charge in [-0.05, 0) is 31.9 Å². The third-order valence-corrected chi connectivity index (χ3v) is 6.67. The molecule has 7 heteroatoms. The Bertz CT molecular complexity index is 568. The smallest absolute Gasteiger partial charge is 0.207 e. The normalized spacial score (nSPS) is 21.6. The average Bonchev–Trinajstić information content (AvgIpc) is 2.27. The quantitative estimate of drug-likeness (QED) is 0.758. The van der Waals surface area contributed by atoms with Crippen molar-refractivity contribution in [2.75, 3.05) is 6.54 Å². The summed E-state index contributed by atoms with van der Waals surface area (Å²) >= 11 is 15.4. The monoisotopic (exact) mass is 385 g/mol. The molecule has 0 saturated carbocycles. The second-order valence-electron chi connectivity index (χ2n) is 4.66. The molecular formula is C12H14BrCl2NO2S. The third-order valence-electron chi connectivity index (χ3n) is 3.27. The van der Waals surface area contributed by atoms with E-state index in [1.165, 1.54) is 4.31 Å². The summed E-state index contributed by atoms with van der Waals surface area (Å²) < 4.78 is 27.5. The van der Waals surface area contributed by atoms with Gasteiger partial charge in [-0.15, -0.1) is 0 Å². The fourth-order valence-electron chi connectivity index (χ4n) is 2.32. The number of rotatable bonds is 2. The lowest BCUT2D eigenvalue weighted by Gasteiger charge is -2.32. The van der Waals surface area contributed by atoms with Crippen molar-refractivity contribution in [2.24, 2.45) is 0 Å². The number of piperidine rings is 1. The van der Waals surface area contributed by atoms with Gasteiger partial charge >= 0.3 is 0 Å². The maximum absolute atomic E-state index is 12.7. The van der Waals surface area contributed by atoms with Crippen LogP contribution in [0.3, 0.4) is 0 Å². The molecule has 1 saturated heterocycles. The van der Waals surface area contributed by atoms with Gasteiger partial charge in [-0.1, -0.05) is 45.6 Å². The second-order valence-corrected chi connectivity index (χ2v) is 8.22. The summed E-state index contributed by atoms with van der Waals surface area (Å²) in [5.41, 5.74) is 0. The molecule has 0 amide bonds. The van der Waals surface area contributed by atoms with Crippen LogP contribution in [0.5, 0.6) is 0 Å². The molecule has 1 fully saturated rings. The molecule has 2 rings (SSSR count). The molecule has 1 aliphatic heterocycles. The lowest BCUT2D eigenvalue weighted by molar-refractivity contribution is 0.268. The maximum Gasteiger partial charge on any atom is 0.246 e. The lowest BCUT2D eigenvalue weighted by atomic mass is 10.1. The zero-order valence-electron chi connectivity index (χ0n) is 10.4. The first-order valence-corrected chi connectivity index (χ1v) is 8.99. The molecule has 1 aromatic rings. The zero-order chi connectivity index (χ0) is 14.2. The first kappa shape index (κ1) is 15.6. The summed E-state index contributed by atoms with van der Waals surface area (Å²) in [4.78, 5) is 0.00721. The van der Waals surface area contributed by atoms with E-state index < -0.39 is 10.0 Å². The second kappa shape index (κ2) is 5.90. The summed E-state index contributed by atoms with van der Waals surface area (Å²) in [7, 11) is -3.64. The summed E-state index contributed by atoms with van der Waals surface area (Å²) in [6.45, 7) is 2.43. The molecule has 1 aromatic carbocycles. The van der Waals surface area contributed by atoms with Crippen LogP contribution in [-0.4, -0.2) is 25.3 Å². The Hall–Kier alpha value is 0.190. The van der Waals surface area contributed by atoms with Crippen molar-refractivity contribution in [1.29, 1.82) is 0 Å². The van der Waals surface area contributed by atoms with Crippen LogP contribution < -0.4 is 0 Å². The van der Waals surface area contributed by atoms with Gasteiger partial charge in [-0.2, -0.15) is 4.31 Å². The average molecular weight is 387 g/mol. The van der Waals surface area contributed by atoms with Gasteiger partial charge in [-0.25, -0.2) is 8.42 Å². The Labute approximate surface area is 132 Å². The number of sulfonamides is 1. The number of nitrogens with zero attached hydrogens (tertiary/aromatic N) is 1. The number of halogens is 3. The first-order valence-electron chi connectivity index (χ1n) is 6.00. The Balaban J connectivity index is 2.50. The van der Waals surface area contributed by atoms with Crippen molar-refractivity contribution in [2.45, 2.75) is 37.1 Å². The summed E-state index contributed by atoms with van der Waals surface area (Å²) in [6.07, 6.45) is 2.79. The minimum Gasteiger partial charge on any atom is -0.207 e. The molecule has 3 nitrogen and oxygen atoms in total. The summed E-state index contributed by atoms with van der Waals surface area (Å²) in [6, 6.07) is 3.08. The molecule has 0 spiro atoms. The van der Waals surface area contributed by atoms with E-state index in [4.69, 9.17) is 23.2 Å². The predicted octanol–water partition coefficient (Wildman–Crippen LogP) is 4.32. The molecule has 1 aliphatic rings. The van der Waals surface area contributed by atoms with E-state index in [1.54, 1.807) is 12.1 Å². The fourth-order valence-corrected chi connectivity index (χ4v) is 5.91. The van der Waals surface area contributed by atoms with Gasteiger partial charge in [-0.3, -0.25) is 0 Å². The van der Waals surface area contributed by atoms with E-state index in [9.17, 15) is 8.42 Å². The minimum absolute atomic E-state index is 0.00721. The van der Waals surface area contributed by atoms with Crippen molar-refractivity contribution in [3.05, 3.63) is 26.7 Å². The van der Waals surface area contributed by atoms with Crippen molar-refractivity contribution in [3.8, 4) is 0 Å². The van der Waals surface area contributed by atoms with E-state index in [1.807, 2.05) is 6.92 Å². The molecule has 0 bridgehead atoms. The fraction of sp³-hybridized carbons (Fsp3) is 0.500. The van der Waals surface area contributed by atoms with Crippen LogP contribution in [0, 0.1) is 0 Å². The van der Waals surface area contributed by atoms with Crippen molar-refractivity contribution >= 4 is 49.2 Å². The van der Waals surface area contributed by atoms with Gasteiger partial charge in [0.05, 0.1) is 10.0 Å². The van der Waals surface area contributed by atoms with Crippen LogP contribution in [0.15, 0.2) is 21.5 Å². The van der Waals surface area contributed by atoms with Gasteiger partial charge in [0.15, 0.2) is 0 Å². The largest absolute Gasteiger partial charge is 0.246 e. The number of benzene rings is 1. The van der Waals surface area contributed by atoms with Crippen LogP contribution in [0.4, 0.5) is 0 Å². The molecule has 106 valence electrons. The van der Waals surface area contributed by atoms with E-state index in [0.29, 0.717) is 11.0 Å². The van der Waals surface area contributed by atoms with E-state index in [0.717, 1.165) is 19.3 Å². The number of hydrogen-bond acceptors (Lipinski definition) is 2. The third kappa shape index (κ3) is 3.10. The highest BCUT2D eigenvalue weighted by Crippen LogP contribution is 2.36. The first-order chi connectivity index (χ1) is 8.84. The van der Waals surface area contributed by atoms with Gasteiger partial charge < -0.3 is 0 Å². The van der Waals surface area contributed by atoms with Crippen molar-refractivity contribution in [1.82, 2.24) is 4.31 Å². The minimum atomic E-state index is -3.64. The molecular weight excluding hydrogens is 373 g/mol. The molecule has 1 unspecified atom stereocenters. The standard InChI is InChI=1S/C12H14BrCl2NO2S/c1-8-4-2-3-5-16(8)19(17,18)12-10(14)6-9(13)7-11(12)15/h6-8H,2-5H2,1H3. The van der Waals surface area contributed by atoms with Crippen LogP contribution in [0.2, 0.25) is 10.0 Å². The molecule has 0 radical (unpaired) electrons. The van der Waals surface area contributed by atoms with Gasteiger partial charge in [0, 0.05) is 17.1 Å². The van der Waals surface area contributed by atoms with E-state index in [2.05, 4.69) is 15.9 Å². The van der Waals surface area contributed by atoms with E-state index in [-0.39, 0.29) is 21.0 Å². The molecule has 0 aromatic heterocycles. The van der Waals surface area contributed by atoms with Gasteiger partial charge in [0.2, 0.25) is 10.0 Å². The van der Waals surface area contributed by atoms with Crippen molar-refractivity contribution < 1.29 is 8.42 Å². The van der Waals surface area contributed by atoms with Gasteiger partial charge in [0.1, 0.15) is 4.90 Å². The molecule has 1 atom stereocenters. The maximum atomic E-state index is 12.7. The zero-order valence-corrected chi connectivity index (χ0v) is 14.3. The topological polar surface area (TPSA) is 37.4 Å². The van der Waals surface area contributed by atoms with Crippen molar-refractivity contribution in [3.63, 3.8) is 0 Å². The Kier molecular flexibility index (Phi) is 4.83. The Morgan fingerprint density at radius 3 is 2.37 bits per heavy atom. The van der Waals surface area contributed by atoms with Gasteiger partial charge in [0.25, 0.3) is 0 Å². The Morgan fingerprint density at radius 1 is 1.26 bits per heavy atom. The van der Waals surface area contributed by atoms with Crippen LogP contribution in [-0.2, 0) is 10.0 Å². The van der Waals surface area contributed by atoms with Crippen LogP contribution in [0.25, 0.3) is 0 Å². The molecule has 0 N–H and O–H groups in total. The Morgan fingerprint density at radius 2 is 1.84 bits per heavy atom. The highest BCUT2D eigenvalue weighted by molar-refractivity contribution is 9.10. The molecule has 1 heterocycles. The number of hydrogen-bond donors (Lipinski definition) is 0. The van der Waals surface area contributed by atoms with E-state index >= 15 is 0 Å². The molecule has 19 heavy (non-hydrogen) atoms. The highest BCUT2D eigenvalue weighted by atomic mass is 79.9. The summed E-state index contributed by atoms with van der Waals surface area (Å²) in [5.74, 6) is 0. The SMILES string of the molecule is CC1CCCCN1S(=O)(=O)c1c(Cl)cc(Br)cc1Cl.